The maximum atomic E-state index is 12.2. The highest BCUT2D eigenvalue weighted by Gasteiger charge is 2.48. The normalized spacial score (nSPS) is 20.7. The Hall–Kier alpha value is -1.93. The van der Waals surface area contributed by atoms with Crippen molar-refractivity contribution in [2.24, 2.45) is 11.8 Å². The minimum atomic E-state index is -3.60. The summed E-state index contributed by atoms with van der Waals surface area (Å²) in [5, 5.41) is 11.4. The summed E-state index contributed by atoms with van der Waals surface area (Å²) in [6.45, 7) is 0.0465. The molecule has 0 saturated heterocycles. The monoisotopic (exact) mass is 326 g/mol. The quantitative estimate of drug-likeness (QED) is 0.781. The fraction of sp³-hybridized carbons (Fsp3) is 0.429. The number of carbonyl (C=O) groups is 2. The van der Waals surface area contributed by atoms with Crippen molar-refractivity contribution in [2.75, 3.05) is 14.1 Å². The van der Waals surface area contributed by atoms with Gasteiger partial charge in [0.15, 0.2) is 0 Å². The molecule has 1 aliphatic carbocycles. The molecule has 2 atom stereocenters. The first-order chi connectivity index (χ1) is 10.2. The van der Waals surface area contributed by atoms with E-state index in [0.29, 0.717) is 12.0 Å². The number of aliphatic carboxylic acids is 1. The Bertz CT molecular complexity index is 699. The predicted octanol–water partition coefficient (Wildman–Crippen LogP) is 0.274. The maximum Gasteiger partial charge on any atom is 0.307 e. The predicted molar refractivity (Wildman–Crippen MR) is 78.4 cm³/mol. The maximum absolute atomic E-state index is 12.2. The molecule has 22 heavy (non-hydrogen) atoms. The summed E-state index contributed by atoms with van der Waals surface area (Å²) in [6, 6.07) is 6.41. The van der Waals surface area contributed by atoms with E-state index in [1.807, 2.05) is 0 Å². The van der Waals surface area contributed by atoms with Gasteiger partial charge in [-0.1, -0.05) is 18.2 Å². The third-order valence-electron chi connectivity index (χ3n) is 3.63. The van der Waals surface area contributed by atoms with Crippen LogP contribution in [-0.2, 0) is 26.2 Å². The van der Waals surface area contributed by atoms with Gasteiger partial charge in [0, 0.05) is 20.6 Å². The number of hydrogen-bond donors (Lipinski definition) is 2. The minimum Gasteiger partial charge on any atom is -0.481 e. The summed E-state index contributed by atoms with van der Waals surface area (Å²) in [5.74, 6) is -2.48. The van der Waals surface area contributed by atoms with Crippen LogP contribution in [0.4, 0.5) is 0 Å². The van der Waals surface area contributed by atoms with Gasteiger partial charge >= 0.3 is 5.97 Å². The Morgan fingerprint density at radius 2 is 1.91 bits per heavy atom. The first-order valence-electron chi connectivity index (χ1n) is 6.76. The van der Waals surface area contributed by atoms with E-state index in [1.54, 1.807) is 18.2 Å². The zero-order valence-electron chi connectivity index (χ0n) is 12.3. The van der Waals surface area contributed by atoms with Crippen LogP contribution in [-0.4, -0.2) is 43.8 Å². The van der Waals surface area contributed by atoms with E-state index in [1.165, 1.54) is 20.2 Å². The number of sulfonamides is 1. The highest BCUT2D eigenvalue weighted by atomic mass is 32.2. The second-order valence-corrected chi connectivity index (χ2v) is 7.52. The molecule has 1 aromatic carbocycles. The highest BCUT2D eigenvalue weighted by molar-refractivity contribution is 7.89. The van der Waals surface area contributed by atoms with Crippen LogP contribution in [0.15, 0.2) is 29.2 Å². The molecule has 2 unspecified atom stereocenters. The van der Waals surface area contributed by atoms with E-state index in [0.717, 1.165) is 4.31 Å². The molecule has 0 radical (unpaired) electrons. The molecule has 1 aliphatic rings. The third kappa shape index (κ3) is 3.28. The van der Waals surface area contributed by atoms with Crippen LogP contribution in [0, 0.1) is 11.8 Å². The van der Waals surface area contributed by atoms with E-state index >= 15 is 0 Å². The molecular formula is C14H18N2O5S. The smallest absolute Gasteiger partial charge is 0.307 e. The molecule has 1 aromatic rings. The fourth-order valence-electron chi connectivity index (χ4n) is 2.17. The summed E-state index contributed by atoms with van der Waals surface area (Å²) in [6.07, 6.45) is 0.332. The lowest BCUT2D eigenvalue weighted by Gasteiger charge is -2.15. The van der Waals surface area contributed by atoms with Gasteiger partial charge in [-0.2, -0.15) is 0 Å². The van der Waals surface area contributed by atoms with Gasteiger partial charge in [0.1, 0.15) is 0 Å². The van der Waals surface area contributed by atoms with Crippen LogP contribution in [0.2, 0.25) is 0 Å². The Morgan fingerprint density at radius 1 is 1.27 bits per heavy atom. The average Bonchev–Trinajstić information content (AvgIpc) is 3.25. The van der Waals surface area contributed by atoms with Gasteiger partial charge in [-0.05, 0) is 18.1 Å². The lowest BCUT2D eigenvalue weighted by Crippen LogP contribution is -2.28. The molecule has 0 aliphatic heterocycles. The molecule has 2 rings (SSSR count). The first-order valence-corrected chi connectivity index (χ1v) is 8.20. The largest absolute Gasteiger partial charge is 0.481 e. The number of benzene rings is 1. The Balaban J connectivity index is 2.09. The van der Waals surface area contributed by atoms with E-state index < -0.39 is 27.8 Å². The summed E-state index contributed by atoms with van der Waals surface area (Å²) in [4.78, 5) is 22.7. The molecule has 7 nitrogen and oxygen atoms in total. The zero-order chi connectivity index (χ0) is 16.5. The van der Waals surface area contributed by atoms with Crippen molar-refractivity contribution in [1.29, 1.82) is 0 Å². The van der Waals surface area contributed by atoms with Gasteiger partial charge in [-0.15, -0.1) is 0 Å². The van der Waals surface area contributed by atoms with Gasteiger partial charge in [0.25, 0.3) is 0 Å². The summed E-state index contributed by atoms with van der Waals surface area (Å²) < 4.78 is 25.5. The van der Waals surface area contributed by atoms with Crippen LogP contribution in [0.1, 0.15) is 12.0 Å². The van der Waals surface area contributed by atoms with Crippen LogP contribution < -0.4 is 5.32 Å². The van der Waals surface area contributed by atoms with Crippen LogP contribution in [0.3, 0.4) is 0 Å². The van der Waals surface area contributed by atoms with Crippen molar-refractivity contribution in [2.45, 2.75) is 17.9 Å². The van der Waals surface area contributed by atoms with Gasteiger partial charge in [0.2, 0.25) is 15.9 Å². The molecule has 1 fully saturated rings. The molecule has 120 valence electrons. The molecule has 1 amide bonds. The second kappa shape index (κ2) is 6.05. The summed E-state index contributed by atoms with van der Waals surface area (Å²) >= 11 is 0. The number of carbonyl (C=O) groups excluding carboxylic acids is 1. The lowest BCUT2D eigenvalue weighted by molar-refractivity contribution is -0.140. The van der Waals surface area contributed by atoms with Crippen molar-refractivity contribution in [3.63, 3.8) is 0 Å². The van der Waals surface area contributed by atoms with E-state index in [2.05, 4.69) is 5.32 Å². The minimum absolute atomic E-state index is 0.0465. The molecule has 0 bridgehead atoms. The number of amides is 1. The summed E-state index contributed by atoms with van der Waals surface area (Å²) in [5.41, 5.74) is 0.470. The third-order valence-corrected chi connectivity index (χ3v) is 5.54. The Labute approximate surface area is 129 Å². The van der Waals surface area contributed by atoms with Crippen molar-refractivity contribution >= 4 is 21.9 Å². The van der Waals surface area contributed by atoms with Crippen molar-refractivity contribution < 1.29 is 23.1 Å². The second-order valence-electron chi connectivity index (χ2n) is 5.40. The van der Waals surface area contributed by atoms with E-state index in [-0.39, 0.29) is 17.3 Å². The fourth-order valence-corrected chi connectivity index (χ4v) is 3.28. The number of carboxylic acid groups (broad SMARTS) is 1. The van der Waals surface area contributed by atoms with Gasteiger partial charge in [-0.25, -0.2) is 12.7 Å². The first kappa shape index (κ1) is 16.4. The van der Waals surface area contributed by atoms with Gasteiger partial charge in [-0.3, -0.25) is 9.59 Å². The molecule has 0 aromatic heterocycles. The Kier molecular flexibility index (Phi) is 4.52. The highest BCUT2D eigenvalue weighted by Crippen LogP contribution is 2.38. The van der Waals surface area contributed by atoms with Crippen molar-refractivity contribution in [1.82, 2.24) is 9.62 Å². The number of nitrogens with one attached hydrogen (secondary N) is 1. The molecule has 2 N–H and O–H groups in total. The number of hydrogen-bond acceptors (Lipinski definition) is 4. The van der Waals surface area contributed by atoms with Crippen molar-refractivity contribution in [3.05, 3.63) is 29.8 Å². The van der Waals surface area contributed by atoms with Crippen LogP contribution in [0.5, 0.6) is 0 Å². The van der Waals surface area contributed by atoms with Gasteiger partial charge in [0.05, 0.1) is 16.7 Å². The number of rotatable bonds is 6. The van der Waals surface area contributed by atoms with E-state index in [4.69, 9.17) is 5.11 Å². The average molecular weight is 326 g/mol. The molecule has 0 heterocycles. The molecular weight excluding hydrogens is 308 g/mol. The Morgan fingerprint density at radius 3 is 2.45 bits per heavy atom. The SMILES string of the molecule is CN(C)S(=O)(=O)c1ccccc1CNC(=O)C1CC1C(=O)O. The zero-order valence-corrected chi connectivity index (χ0v) is 13.1. The number of carboxylic acids is 1. The van der Waals surface area contributed by atoms with Crippen LogP contribution in [0.25, 0.3) is 0 Å². The van der Waals surface area contributed by atoms with E-state index in [9.17, 15) is 18.0 Å². The molecule has 0 spiro atoms. The lowest BCUT2D eigenvalue weighted by atomic mass is 10.2. The molecule has 1 saturated carbocycles. The topological polar surface area (TPSA) is 104 Å². The standard InChI is InChI=1S/C14H18N2O5S/c1-16(2)22(20,21)12-6-4-3-5-9(12)8-15-13(17)10-7-11(10)14(18)19/h3-6,10-11H,7-8H2,1-2H3,(H,15,17)(H,18,19). The number of nitrogens with zero attached hydrogens (tertiary/aromatic N) is 1. The summed E-state index contributed by atoms with van der Waals surface area (Å²) in [7, 11) is -0.723. The van der Waals surface area contributed by atoms with Crippen LogP contribution >= 0.6 is 0 Å². The van der Waals surface area contributed by atoms with Crippen molar-refractivity contribution in [3.8, 4) is 0 Å². The molecule has 8 heteroatoms. The van der Waals surface area contributed by atoms with Gasteiger partial charge < -0.3 is 10.4 Å².